The molecule has 2 atom stereocenters. The molecule has 0 bridgehead atoms. The maximum absolute atomic E-state index is 11.8. The Morgan fingerprint density at radius 2 is 2.27 bits per heavy atom. The molecule has 3 rings (SSSR count). The molecule has 2 aromatic rings. The lowest BCUT2D eigenvalue weighted by molar-refractivity contribution is -0.140. The standard InChI is InChI=1S/C14H16N4O3S/c1-3-20-11-7-5-4-6-10(11)18-14(15-16-17-18)22-12-8-9(2)21-13(12)19/h4-7,9,12H,3,8H2,1-2H3/t9-,12-/m1/s1. The minimum absolute atomic E-state index is 0.0648. The number of hydrogen-bond acceptors (Lipinski definition) is 7. The largest absolute Gasteiger partial charge is 0.492 e. The normalized spacial score (nSPS) is 20.9. The van der Waals surface area contributed by atoms with Gasteiger partial charge in [0.2, 0.25) is 5.16 Å². The summed E-state index contributed by atoms with van der Waals surface area (Å²) in [7, 11) is 0. The van der Waals surface area contributed by atoms with Crippen molar-refractivity contribution < 1.29 is 14.3 Å². The number of ether oxygens (including phenoxy) is 2. The van der Waals surface area contributed by atoms with Gasteiger partial charge in [-0.3, -0.25) is 4.79 Å². The summed E-state index contributed by atoms with van der Waals surface area (Å²) in [6.07, 6.45) is 0.591. The lowest BCUT2D eigenvalue weighted by atomic mass is 10.3. The number of tetrazole rings is 1. The summed E-state index contributed by atoms with van der Waals surface area (Å²) in [4.78, 5) is 11.8. The quantitative estimate of drug-likeness (QED) is 0.778. The lowest BCUT2D eigenvalue weighted by Crippen LogP contribution is -2.11. The Bertz CT molecular complexity index is 676. The van der Waals surface area contributed by atoms with Crippen LogP contribution in [0.1, 0.15) is 20.3 Å². The van der Waals surface area contributed by atoms with E-state index in [0.29, 0.717) is 23.9 Å². The van der Waals surface area contributed by atoms with E-state index in [1.54, 1.807) is 4.68 Å². The minimum atomic E-state index is -0.279. The van der Waals surface area contributed by atoms with Gasteiger partial charge < -0.3 is 9.47 Å². The van der Waals surface area contributed by atoms with Gasteiger partial charge in [-0.25, -0.2) is 0 Å². The average Bonchev–Trinajstić information content (AvgIpc) is 3.07. The fraction of sp³-hybridized carbons (Fsp3) is 0.429. The van der Waals surface area contributed by atoms with Gasteiger partial charge in [-0.05, 0) is 36.4 Å². The molecule has 8 heteroatoms. The smallest absolute Gasteiger partial charge is 0.319 e. The molecule has 1 aromatic carbocycles. The maximum atomic E-state index is 11.8. The Morgan fingerprint density at radius 1 is 1.45 bits per heavy atom. The second-order valence-corrected chi connectivity index (χ2v) is 6.03. The highest BCUT2D eigenvalue weighted by Crippen LogP contribution is 2.33. The van der Waals surface area contributed by atoms with Crippen LogP contribution in [0, 0.1) is 0 Å². The molecular weight excluding hydrogens is 304 g/mol. The van der Waals surface area contributed by atoms with Crippen molar-refractivity contribution in [1.82, 2.24) is 20.2 Å². The van der Waals surface area contributed by atoms with Gasteiger partial charge in [0, 0.05) is 6.42 Å². The van der Waals surface area contributed by atoms with Gasteiger partial charge in [-0.1, -0.05) is 23.9 Å². The highest BCUT2D eigenvalue weighted by atomic mass is 32.2. The number of nitrogens with zero attached hydrogens (tertiary/aromatic N) is 4. The summed E-state index contributed by atoms with van der Waals surface area (Å²) >= 11 is 1.31. The first-order chi connectivity index (χ1) is 10.7. The number of esters is 1. The van der Waals surface area contributed by atoms with Gasteiger partial charge in [-0.2, -0.15) is 4.68 Å². The van der Waals surface area contributed by atoms with E-state index in [2.05, 4.69) is 15.5 Å². The van der Waals surface area contributed by atoms with Crippen LogP contribution in [0.5, 0.6) is 5.75 Å². The number of benzene rings is 1. The monoisotopic (exact) mass is 320 g/mol. The summed E-state index contributed by atoms with van der Waals surface area (Å²) in [6.45, 7) is 4.35. The van der Waals surface area contributed by atoms with Crippen LogP contribution >= 0.6 is 11.8 Å². The van der Waals surface area contributed by atoms with Crippen molar-refractivity contribution in [2.45, 2.75) is 36.8 Å². The van der Waals surface area contributed by atoms with Crippen LogP contribution in [0.25, 0.3) is 5.69 Å². The van der Waals surface area contributed by atoms with Crippen LogP contribution in [-0.4, -0.2) is 44.1 Å². The second kappa shape index (κ2) is 6.35. The SMILES string of the molecule is CCOc1ccccc1-n1nnnc1S[C@@H]1C[C@@H](C)OC1=O. The van der Waals surface area contributed by atoms with Crippen LogP contribution in [0.2, 0.25) is 0 Å². The summed E-state index contributed by atoms with van der Waals surface area (Å²) in [5.74, 6) is 0.478. The van der Waals surface area contributed by atoms with E-state index in [1.165, 1.54) is 11.8 Å². The molecule has 1 saturated heterocycles. The Labute approximate surface area is 132 Å². The highest BCUT2D eigenvalue weighted by Gasteiger charge is 2.34. The second-order valence-electron chi connectivity index (χ2n) is 4.86. The van der Waals surface area contributed by atoms with E-state index in [1.807, 2.05) is 38.1 Å². The average molecular weight is 320 g/mol. The van der Waals surface area contributed by atoms with Gasteiger partial charge in [-0.15, -0.1) is 5.10 Å². The fourth-order valence-electron chi connectivity index (χ4n) is 2.26. The van der Waals surface area contributed by atoms with Crippen LogP contribution < -0.4 is 4.74 Å². The van der Waals surface area contributed by atoms with Gasteiger partial charge in [0.1, 0.15) is 22.8 Å². The van der Waals surface area contributed by atoms with Crippen molar-refractivity contribution in [2.24, 2.45) is 0 Å². The van der Waals surface area contributed by atoms with Crippen LogP contribution in [-0.2, 0) is 9.53 Å². The number of carbonyl (C=O) groups is 1. The van der Waals surface area contributed by atoms with Crippen molar-refractivity contribution in [2.75, 3.05) is 6.61 Å². The number of aromatic nitrogens is 4. The van der Waals surface area contributed by atoms with Gasteiger partial charge in [0.05, 0.1) is 6.61 Å². The Morgan fingerprint density at radius 3 is 3.00 bits per heavy atom. The lowest BCUT2D eigenvalue weighted by Gasteiger charge is -2.11. The molecule has 0 spiro atoms. The zero-order valence-electron chi connectivity index (χ0n) is 12.3. The Kier molecular flexibility index (Phi) is 4.28. The third-order valence-corrected chi connectivity index (χ3v) is 4.34. The van der Waals surface area contributed by atoms with Crippen LogP contribution in [0.3, 0.4) is 0 Å². The molecule has 1 aliphatic heterocycles. The molecular formula is C14H16N4O3S. The first-order valence-corrected chi connectivity index (χ1v) is 7.94. The number of rotatable bonds is 5. The molecule has 1 aromatic heterocycles. The number of thioether (sulfide) groups is 1. The summed E-state index contributed by atoms with van der Waals surface area (Å²) in [6, 6.07) is 7.52. The summed E-state index contributed by atoms with van der Waals surface area (Å²) < 4.78 is 12.4. The predicted octanol–water partition coefficient (Wildman–Crippen LogP) is 1.86. The van der Waals surface area contributed by atoms with Gasteiger partial charge in [0.25, 0.3) is 0 Å². The summed E-state index contributed by atoms with van der Waals surface area (Å²) in [5.41, 5.74) is 0.747. The molecule has 1 fully saturated rings. The topological polar surface area (TPSA) is 79.1 Å². The number of cyclic esters (lactones) is 1. The zero-order chi connectivity index (χ0) is 15.5. The van der Waals surface area contributed by atoms with Gasteiger partial charge >= 0.3 is 5.97 Å². The predicted molar refractivity (Wildman–Crippen MR) is 80.1 cm³/mol. The van der Waals surface area contributed by atoms with Crippen molar-refractivity contribution in [3.63, 3.8) is 0 Å². The molecule has 0 N–H and O–H groups in total. The third-order valence-electron chi connectivity index (χ3n) is 3.21. The van der Waals surface area contributed by atoms with Crippen LogP contribution in [0.15, 0.2) is 29.4 Å². The number of hydrogen-bond donors (Lipinski definition) is 0. The first-order valence-electron chi connectivity index (χ1n) is 7.06. The maximum Gasteiger partial charge on any atom is 0.319 e. The molecule has 0 aliphatic carbocycles. The van der Waals surface area contributed by atoms with Crippen molar-refractivity contribution in [3.8, 4) is 11.4 Å². The molecule has 116 valence electrons. The molecule has 0 amide bonds. The van der Waals surface area contributed by atoms with Crippen molar-refractivity contribution in [3.05, 3.63) is 24.3 Å². The molecule has 0 radical (unpaired) electrons. The molecule has 2 heterocycles. The molecule has 22 heavy (non-hydrogen) atoms. The Hall–Kier alpha value is -2.09. The molecule has 7 nitrogen and oxygen atoms in total. The number of para-hydroxylation sites is 2. The van der Waals surface area contributed by atoms with E-state index >= 15 is 0 Å². The molecule has 0 unspecified atom stereocenters. The summed E-state index contributed by atoms with van der Waals surface area (Å²) in [5, 5.41) is 12.0. The number of carbonyl (C=O) groups excluding carboxylic acids is 1. The Balaban J connectivity index is 1.88. The van der Waals surface area contributed by atoms with Crippen LogP contribution in [0.4, 0.5) is 0 Å². The highest BCUT2D eigenvalue weighted by molar-refractivity contribution is 8.00. The van der Waals surface area contributed by atoms with Crippen molar-refractivity contribution in [1.29, 1.82) is 0 Å². The first kappa shape index (κ1) is 14.8. The fourth-order valence-corrected chi connectivity index (χ4v) is 3.35. The molecule has 0 saturated carbocycles. The van der Waals surface area contributed by atoms with E-state index in [0.717, 1.165) is 5.69 Å². The third kappa shape index (κ3) is 2.92. The van der Waals surface area contributed by atoms with E-state index in [9.17, 15) is 4.79 Å². The van der Waals surface area contributed by atoms with Crippen molar-refractivity contribution >= 4 is 17.7 Å². The van der Waals surface area contributed by atoms with E-state index in [4.69, 9.17) is 9.47 Å². The minimum Gasteiger partial charge on any atom is -0.492 e. The molecule has 1 aliphatic rings. The van der Waals surface area contributed by atoms with E-state index in [-0.39, 0.29) is 17.3 Å². The zero-order valence-corrected chi connectivity index (χ0v) is 13.1. The van der Waals surface area contributed by atoms with Gasteiger partial charge in [0.15, 0.2) is 0 Å². The van der Waals surface area contributed by atoms with E-state index < -0.39 is 0 Å².